The Morgan fingerprint density at radius 2 is 2.38 bits per heavy atom. The van der Waals surface area contributed by atoms with Crippen LogP contribution in [-0.4, -0.2) is 42.7 Å². The third kappa shape index (κ3) is 2.33. The fourth-order valence-corrected chi connectivity index (χ4v) is 1.98. The van der Waals surface area contributed by atoms with Gasteiger partial charge in [0, 0.05) is 37.4 Å². The van der Waals surface area contributed by atoms with E-state index in [1.165, 1.54) is 5.56 Å². The minimum Gasteiger partial charge on any atom is -0.481 e. The molecule has 1 N–H and O–H groups in total. The van der Waals surface area contributed by atoms with E-state index in [4.69, 9.17) is 4.74 Å². The van der Waals surface area contributed by atoms with Crippen LogP contribution in [0.3, 0.4) is 0 Å². The van der Waals surface area contributed by atoms with Gasteiger partial charge in [-0.1, -0.05) is 13.0 Å². The Kier molecular flexibility index (Phi) is 3.74. The molecule has 1 aromatic heterocycles. The lowest BCUT2D eigenvalue weighted by Gasteiger charge is -2.37. The van der Waals surface area contributed by atoms with E-state index in [2.05, 4.69) is 28.2 Å². The molecule has 88 valence electrons. The minimum absolute atomic E-state index is 0.662. The first-order valence-corrected chi connectivity index (χ1v) is 5.77. The van der Waals surface area contributed by atoms with Gasteiger partial charge >= 0.3 is 0 Å². The molecule has 1 aromatic rings. The zero-order valence-corrected chi connectivity index (χ0v) is 9.94. The van der Waals surface area contributed by atoms with Crippen LogP contribution in [0.2, 0.25) is 0 Å². The van der Waals surface area contributed by atoms with Crippen molar-refractivity contribution < 1.29 is 4.74 Å². The van der Waals surface area contributed by atoms with Gasteiger partial charge in [0.05, 0.1) is 7.11 Å². The zero-order valence-electron chi connectivity index (χ0n) is 9.94. The SMILES string of the molecule is CCN(Cc1cccnc1OC)C1CNC1. The first-order valence-electron chi connectivity index (χ1n) is 5.77. The van der Waals surface area contributed by atoms with Gasteiger partial charge in [-0.05, 0) is 12.6 Å². The van der Waals surface area contributed by atoms with E-state index >= 15 is 0 Å². The molecule has 0 aliphatic carbocycles. The second kappa shape index (κ2) is 5.27. The summed E-state index contributed by atoms with van der Waals surface area (Å²) in [4.78, 5) is 6.68. The van der Waals surface area contributed by atoms with Crippen molar-refractivity contribution in [3.63, 3.8) is 0 Å². The van der Waals surface area contributed by atoms with Crippen LogP contribution in [-0.2, 0) is 6.54 Å². The summed E-state index contributed by atoms with van der Waals surface area (Å²) >= 11 is 0. The average molecular weight is 221 g/mol. The number of likely N-dealkylation sites (N-methyl/N-ethyl adjacent to an activating group) is 1. The Labute approximate surface area is 96.6 Å². The molecule has 1 saturated heterocycles. The van der Waals surface area contributed by atoms with Gasteiger partial charge in [0.15, 0.2) is 0 Å². The molecule has 4 heteroatoms. The molecule has 1 aliphatic rings. The molecule has 0 amide bonds. The highest BCUT2D eigenvalue weighted by Gasteiger charge is 2.23. The van der Waals surface area contributed by atoms with Crippen LogP contribution < -0.4 is 10.1 Å². The lowest BCUT2D eigenvalue weighted by molar-refractivity contribution is 0.143. The zero-order chi connectivity index (χ0) is 11.4. The molecule has 1 aliphatic heterocycles. The van der Waals surface area contributed by atoms with E-state index in [1.807, 2.05) is 6.07 Å². The predicted octanol–water partition coefficient (Wildman–Crippen LogP) is 0.884. The van der Waals surface area contributed by atoms with Crippen molar-refractivity contribution in [1.82, 2.24) is 15.2 Å². The Morgan fingerprint density at radius 3 is 2.94 bits per heavy atom. The maximum atomic E-state index is 5.27. The molecule has 4 nitrogen and oxygen atoms in total. The van der Waals surface area contributed by atoms with Crippen LogP contribution in [0.25, 0.3) is 0 Å². The Balaban J connectivity index is 2.05. The Bertz CT molecular complexity index is 339. The van der Waals surface area contributed by atoms with E-state index in [1.54, 1.807) is 13.3 Å². The molecule has 2 rings (SSSR count). The summed E-state index contributed by atoms with van der Waals surface area (Å²) in [7, 11) is 1.67. The fraction of sp³-hybridized carbons (Fsp3) is 0.583. The van der Waals surface area contributed by atoms with Crippen LogP contribution in [0, 0.1) is 0 Å². The molecule has 0 saturated carbocycles. The maximum Gasteiger partial charge on any atom is 0.217 e. The van der Waals surface area contributed by atoms with E-state index < -0.39 is 0 Å². The van der Waals surface area contributed by atoms with Crippen molar-refractivity contribution >= 4 is 0 Å². The van der Waals surface area contributed by atoms with Crippen molar-refractivity contribution in [2.75, 3.05) is 26.7 Å². The van der Waals surface area contributed by atoms with Crippen LogP contribution >= 0.6 is 0 Å². The molecule has 0 atom stereocenters. The molecule has 2 heterocycles. The van der Waals surface area contributed by atoms with E-state index in [0.29, 0.717) is 6.04 Å². The molecule has 0 unspecified atom stereocenters. The van der Waals surface area contributed by atoms with Crippen molar-refractivity contribution in [2.24, 2.45) is 0 Å². The predicted molar refractivity (Wildman–Crippen MR) is 63.5 cm³/mol. The van der Waals surface area contributed by atoms with E-state index in [9.17, 15) is 0 Å². The summed E-state index contributed by atoms with van der Waals surface area (Å²) in [5, 5.41) is 3.30. The van der Waals surface area contributed by atoms with Crippen LogP contribution in [0.1, 0.15) is 12.5 Å². The normalized spacial score (nSPS) is 16.2. The van der Waals surface area contributed by atoms with Gasteiger partial charge in [-0.3, -0.25) is 4.90 Å². The van der Waals surface area contributed by atoms with E-state index in [-0.39, 0.29) is 0 Å². The molecule has 0 bridgehead atoms. The number of hydrogen-bond acceptors (Lipinski definition) is 4. The third-order valence-electron chi connectivity index (χ3n) is 3.10. The summed E-state index contributed by atoms with van der Waals surface area (Å²) < 4.78 is 5.27. The second-order valence-corrected chi connectivity index (χ2v) is 4.05. The number of aromatic nitrogens is 1. The van der Waals surface area contributed by atoms with Crippen molar-refractivity contribution in [3.05, 3.63) is 23.9 Å². The number of nitrogens with one attached hydrogen (secondary N) is 1. The number of ether oxygens (including phenoxy) is 1. The van der Waals surface area contributed by atoms with Gasteiger partial charge in [0.25, 0.3) is 0 Å². The maximum absolute atomic E-state index is 5.27. The molecule has 0 spiro atoms. The van der Waals surface area contributed by atoms with Gasteiger partial charge in [0.1, 0.15) is 0 Å². The topological polar surface area (TPSA) is 37.4 Å². The van der Waals surface area contributed by atoms with Crippen LogP contribution in [0.15, 0.2) is 18.3 Å². The third-order valence-corrected chi connectivity index (χ3v) is 3.10. The van der Waals surface area contributed by atoms with Crippen LogP contribution in [0.4, 0.5) is 0 Å². The fourth-order valence-electron chi connectivity index (χ4n) is 1.98. The molecule has 0 radical (unpaired) electrons. The van der Waals surface area contributed by atoms with Gasteiger partial charge in [-0.25, -0.2) is 4.98 Å². The molecular weight excluding hydrogens is 202 g/mol. The number of nitrogens with zero attached hydrogens (tertiary/aromatic N) is 2. The number of rotatable bonds is 5. The van der Waals surface area contributed by atoms with Crippen molar-refractivity contribution in [1.29, 1.82) is 0 Å². The first kappa shape index (κ1) is 11.4. The summed E-state index contributed by atoms with van der Waals surface area (Å²) in [6.07, 6.45) is 1.77. The average Bonchev–Trinajstić information content (AvgIpc) is 2.26. The number of pyridine rings is 1. The number of methoxy groups -OCH3 is 1. The smallest absolute Gasteiger partial charge is 0.217 e. The standard InChI is InChI=1S/C12H19N3O/c1-3-15(11-7-13-8-11)9-10-5-4-6-14-12(10)16-2/h4-6,11,13H,3,7-9H2,1-2H3. The lowest BCUT2D eigenvalue weighted by Crippen LogP contribution is -2.56. The largest absolute Gasteiger partial charge is 0.481 e. The Hall–Kier alpha value is -1.13. The Morgan fingerprint density at radius 1 is 1.56 bits per heavy atom. The summed E-state index contributed by atoms with van der Waals surface area (Å²) in [6, 6.07) is 4.71. The quantitative estimate of drug-likeness (QED) is 0.801. The number of hydrogen-bond donors (Lipinski definition) is 1. The van der Waals surface area contributed by atoms with Gasteiger partial charge < -0.3 is 10.1 Å². The monoisotopic (exact) mass is 221 g/mol. The lowest BCUT2D eigenvalue weighted by atomic mass is 10.1. The van der Waals surface area contributed by atoms with Gasteiger partial charge in [-0.15, -0.1) is 0 Å². The molecule has 0 aromatic carbocycles. The highest BCUT2D eigenvalue weighted by molar-refractivity contribution is 5.25. The highest BCUT2D eigenvalue weighted by atomic mass is 16.5. The summed E-state index contributed by atoms with van der Waals surface area (Å²) in [5.41, 5.74) is 1.17. The van der Waals surface area contributed by atoms with Crippen molar-refractivity contribution in [2.45, 2.75) is 19.5 Å². The molecular formula is C12H19N3O. The van der Waals surface area contributed by atoms with Crippen molar-refractivity contribution in [3.8, 4) is 5.88 Å². The van der Waals surface area contributed by atoms with Crippen LogP contribution in [0.5, 0.6) is 5.88 Å². The summed E-state index contributed by atoms with van der Waals surface area (Å²) in [6.45, 7) is 6.36. The van der Waals surface area contributed by atoms with E-state index in [0.717, 1.165) is 32.1 Å². The first-order chi connectivity index (χ1) is 7.85. The second-order valence-electron chi connectivity index (χ2n) is 4.05. The summed E-state index contributed by atoms with van der Waals surface area (Å²) in [5.74, 6) is 0.744. The molecule has 1 fully saturated rings. The molecule has 16 heavy (non-hydrogen) atoms. The van der Waals surface area contributed by atoms with Gasteiger partial charge in [0.2, 0.25) is 5.88 Å². The minimum atomic E-state index is 0.662. The van der Waals surface area contributed by atoms with Gasteiger partial charge in [-0.2, -0.15) is 0 Å². The highest BCUT2D eigenvalue weighted by Crippen LogP contribution is 2.18.